The predicted molar refractivity (Wildman–Crippen MR) is 73.1 cm³/mol. The van der Waals surface area contributed by atoms with Gasteiger partial charge in [-0.3, -0.25) is 9.59 Å². The molecule has 0 aliphatic rings. The van der Waals surface area contributed by atoms with Gasteiger partial charge in [0.05, 0.1) is 12.1 Å². The molecular weight excluding hydrogens is 246 g/mol. The second-order valence-corrected chi connectivity index (χ2v) is 4.74. The third-order valence-corrected chi connectivity index (χ3v) is 3.26. The van der Waals surface area contributed by atoms with Gasteiger partial charge in [-0.15, -0.1) is 0 Å². The topological polar surface area (TPSA) is 46.2 Å². The lowest BCUT2D eigenvalue weighted by molar-refractivity contribution is -0.115. The van der Waals surface area contributed by atoms with Gasteiger partial charge >= 0.3 is 0 Å². The normalized spacial score (nSPS) is 10.1. The van der Waals surface area contributed by atoms with Crippen molar-refractivity contribution in [1.29, 1.82) is 0 Å². The highest BCUT2D eigenvalue weighted by Crippen LogP contribution is 2.16. The van der Waals surface area contributed by atoms with E-state index in [2.05, 4.69) is 5.32 Å². The lowest BCUT2D eigenvalue weighted by Gasteiger charge is -2.08. The standard InChI is InChI=1S/C14H13NO2S/c1-10(16)12-4-2-3-5-13(12)15-14(17)8-11-6-7-18-9-11/h2-7,9H,8H2,1H3,(H,15,17). The smallest absolute Gasteiger partial charge is 0.228 e. The predicted octanol–water partition coefficient (Wildman–Crippen LogP) is 3.13. The number of carbonyl (C=O) groups is 2. The Labute approximate surface area is 109 Å². The van der Waals surface area contributed by atoms with Crippen molar-refractivity contribution in [2.24, 2.45) is 0 Å². The van der Waals surface area contributed by atoms with E-state index >= 15 is 0 Å². The molecule has 0 aliphatic heterocycles. The molecule has 1 aromatic carbocycles. The third kappa shape index (κ3) is 3.05. The Kier molecular flexibility index (Phi) is 3.89. The molecule has 0 spiro atoms. The maximum absolute atomic E-state index is 11.8. The zero-order valence-electron chi connectivity index (χ0n) is 9.97. The van der Waals surface area contributed by atoms with Gasteiger partial charge in [-0.25, -0.2) is 0 Å². The molecule has 1 aromatic heterocycles. The van der Waals surface area contributed by atoms with Crippen molar-refractivity contribution in [2.45, 2.75) is 13.3 Å². The maximum Gasteiger partial charge on any atom is 0.228 e. The summed E-state index contributed by atoms with van der Waals surface area (Å²) >= 11 is 1.56. The van der Waals surface area contributed by atoms with Gasteiger partial charge in [-0.2, -0.15) is 11.3 Å². The largest absolute Gasteiger partial charge is 0.325 e. The minimum absolute atomic E-state index is 0.0542. The Bertz CT molecular complexity index is 561. The number of anilines is 1. The molecule has 0 saturated carbocycles. The average Bonchev–Trinajstić information content (AvgIpc) is 2.82. The van der Waals surface area contributed by atoms with Gasteiger partial charge in [0, 0.05) is 5.56 Å². The molecule has 0 unspecified atom stereocenters. The molecule has 0 bridgehead atoms. The molecule has 4 heteroatoms. The summed E-state index contributed by atoms with van der Waals surface area (Å²) < 4.78 is 0. The highest BCUT2D eigenvalue weighted by molar-refractivity contribution is 7.08. The van der Waals surface area contributed by atoms with Crippen LogP contribution in [0.15, 0.2) is 41.1 Å². The Morgan fingerprint density at radius 1 is 1.22 bits per heavy atom. The third-order valence-electron chi connectivity index (χ3n) is 2.53. The number of carbonyl (C=O) groups excluding carboxylic acids is 2. The molecule has 92 valence electrons. The van der Waals surface area contributed by atoms with Crippen LogP contribution in [-0.4, -0.2) is 11.7 Å². The summed E-state index contributed by atoms with van der Waals surface area (Å²) in [6.07, 6.45) is 0.329. The first-order chi connectivity index (χ1) is 8.66. The fourth-order valence-electron chi connectivity index (χ4n) is 1.67. The summed E-state index contributed by atoms with van der Waals surface area (Å²) in [5, 5.41) is 6.65. The first-order valence-corrected chi connectivity index (χ1v) is 6.52. The zero-order valence-corrected chi connectivity index (χ0v) is 10.8. The molecule has 1 heterocycles. The first kappa shape index (κ1) is 12.5. The summed E-state index contributed by atoms with van der Waals surface area (Å²) in [6, 6.07) is 8.95. The Hall–Kier alpha value is -1.94. The number of hydrogen-bond acceptors (Lipinski definition) is 3. The van der Waals surface area contributed by atoms with Crippen molar-refractivity contribution in [3.05, 3.63) is 52.2 Å². The van der Waals surface area contributed by atoms with Crippen LogP contribution in [0.1, 0.15) is 22.8 Å². The van der Waals surface area contributed by atoms with Crippen LogP contribution in [0.2, 0.25) is 0 Å². The van der Waals surface area contributed by atoms with E-state index in [9.17, 15) is 9.59 Å². The molecule has 2 aromatic rings. The second kappa shape index (κ2) is 5.60. The number of hydrogen-bond donors (Lipinski definition) is 1. The van der Waals surface area contributed by atoms with E-state index in [1.54, 1.807) is 35.6 Å². The lowest BCUT2D eigenvalue weighted by Crippen LogP contribution is -2.16. The van der Waals surface area contributed by atoms with E-state index in [1.807, 2.05) is 16.8 Å². The Morgan fingerprint density at radius 3 is 2.67 bits per heavy atom. The monoisotopic (exact) mass is 259 g/mol. The molecule has 2 rings (SSSR count). The number of thiophene rings is 1. The number of ketones is 1. The van der Waals surface area contributed by atoms with Crippen molar-refractivity contribution in [2.75, 3.05) is 5.32 Å². The van der Waals surface area contributed by atoms with Gasteiger partial charge in [0.25, 0.3) is 0 Å². The second-order valence-electron chi connectivity index (χ2n) is 3.96. The van der Waals surface area contributed by atoms with Crippen LogP contribution in [0.4, 0.5) is 5.69 Å². The van der Waals surface area contributed by atoms with Crippen molar-refractivity contribution < 1.29 is 9.59 Å². The van der Waals surface area contributed by atoms with Gasteiger partial charge in [-0.05, 0) is 41.4 Å². The molecule has 18 heavy (non-hydrogen) atoms. The van der Waals surface area contributed by atoms with E-state index in [4.69, 9.17) is 0 Å². The van der Waals surface area contributed by atoms with E-state index in [0.717, 1.165) is 5.56 Å². The van der Waals surface area contributed by atoms with Crippen LogP contribution < -0.4 is 5.32 Å². The molecule has 3 nitrogen and oxygen atoms in total. The first-order valence-electron chi connectivity index (χ1n) is 5.57. The summed E-state index contributed by atoms with van der Waals surface area (Å²) in [5.74, 6) is -0.163. The highest BCUT2D eigenvalue weighted by Gasteiger charge is 2.10. The SMILES string of the molecule is CC(=O)c1ccccc1NC(=O)Cc1ccsc1. The molecule has 0 fully saturated rings. The van der Waals surface area contributed by atoms with Crippen LogP contribution in [0.3, 0.4) is 0 Å². The van der Waals surface area contributed by atoms with Crippen molar-refractivity contribution in [3.63, 3.8) is 0 Å². The van der Waals surface area contributed by atoms with Gasteiger partial charge in [0.1, 0.15) is 0 Å². The van der Waals surface area contributed by atoms with Crippen molar-refractivity contribution in [1.82, 2.24) is 0 Å². The number of para-hydroxylation sites is 1. The molecule has 0 atom stereocenters. The summed E-state index contributed by atoms with van der Waals surface area (Å²) in [4.78, 5) is 23.3. The van der Waals surface area contributed by atoms with Gasteiger partial charge in [0.2, 0.25) is 5.91 Å². The summed E-state index contributed by atoms with van der Waals surface area (Å²) in [7, 11) is 0. The molecule has 0 saturated heterocycles. The quantitative estimate of drug-likeness (QED) is 0.857. The van der Waals surface area contributed by atoms with Gasteiger partial charge in [-0.1, -0.05) is 12.1 Å². The summed E-state index contributed by atoms with van der Waals surface area (Å²) in [5.41, 5.74) is 2.10. The van der Waals surface area contributed by atoms with Gasteiger partial charge in [0.15, 0.2) is 5.78 Å². The zero-order chi connectivity index (χ0) is 13.0. The fourth-order valence-corrected chi connectivity index (χ4v) is 2.34. The van der Waals surface area contributed by atoms with E-state index < -0.39 is 0 Å². The van der Waals surface area contributed by atoms with Crippen LogP contribution in [0.25, 0.3) is 0 Å². The van der Waals surface area contributed by atoms with Crippen LogP contribution in [0, 0.1) is 0 Å². The minimum atomic E-state index is -0.109. The maximum atomic E-state index is 11.8. The van der Waals surface area contributed by atoms with E-state index in [0.29, 0.717) is 17.7 Å². The number of amides is 1. The number of rotatable bonds is 4. The van der Waals surface area contributed by atoms with Crippen molar-refractivity contribution in [3.8, 4) is 0 Å². The number of Topliss-reactive ketones (excluding diaryl/α,β-unsaturated/α-hetero) is 1. The minimum Gasteiger partial charge on any atom is -0.325 e. The average molecular weight is 259 g/mol. The Morgan fingerprint density at radius 2 is 2.00 bits per heavy atom. The molecular formula is C14H13NO2S. The van der Waals surface area contributed by atoms with E-state index in [1.165, 1.54) is 6.92 Å². The summed E-state index contributed by atoms with van der Waals surface area (Å²) in [6.45, 7) is 1.49. The van der Waals surface area contributed by atoms with Crippen LogP contribution in [-0.2, 0) is 11.2 Å². The van der Waals surface area contributed by atoms with E-state index in [-0.39, 0.29) is 11.7 Å². The Balaban J connectivity index is 2.09. The molecule has 0 aliphatic carbocycles. The number of benzene rings is 1. The van der Waals surface area contributed by atoms with Crippen LogP contribution >= 0.6 is 11.3 Å². The fraction of sp³-hybridized carbons (Fsp3) is 0.143. The van der Waals surface area contributed by atoms with Crippen molar-refractivity contribution >= 4 is 28.7 Å². The molecule has 1 N–H and O–H groups in total. The van der Waals surface area contributed by atoms with Gasteiger partial charge < -0.3 is 5.32 Å². The highest BCUT2D eigenvalue weighted by atomic mass is 32.1. The molecule has 1 amide bonds. The van der Waals surface area contributed by atoms with Crippen LogP contribution in [0.5, 0.6) is 0 Å². The lowest BCUT2D eigenvalue weighted by atomic mass is 10.1. The number of nitrogens with one attached hydrogen (secondary N) is 1. The molecule has 0 radical (unpaired) electrons.